The largest absolute Gasteiger partial charge is 0.508 e. The average molecular weight is 246 g/mol. The van der Waals surface area contributed by atoms with Gasteiger partial charge in [0.1, 0.15) is 5.75 Å². The van der Waals surface area contributed by atoms with E-state index in [0.29, 0.717) is 5.56 Å². The maximum absolute atomic E-state index is 10.4. The summed E-state index contributed by atoms with van der Waals surface area (Å²) in [6.45, 7) is 2.03. The molecule has 4 nitrogen and oxygen atoms in total. The first-order valence-electron chi connectivity index (χ1n) is 6.46. The van der Waals surface area contributed by atoms with Crippen LogP contribution in [0, 0.1) is 0 Å². The Morgan fingerprint density at radius 1 is 1.33 bits per heavy atom. The second-order valence-corrected chi connectivity index (χ2v) is 5.33. The summed E-state index contributed by atoms with van der Waals surface area (Å²) < 4.78 is 0. The number of nitrogens with zero attached hydrogens (tertiary/aromatic N) is 2. The Morgan fingerprint density at radius 3 is 2.83 bits per heavy atom. The number of phenolic OH excluding ortho intramolecular Hbond substituents is 1. The van der Waals surface area contributed by atoms with Crippen LogP contribution in [0.15, 0.2) is 29.3 Å². The zero-order chi connectivity index (χ0) is 12.8. The second-order valence-electron chi connectivity index (χ2n) is 5.33. The van der Waals surface area contributed by atoms with Gasteiger partial charge in [-0.05, 0) is 32.3 Å². The van der Waals surface area contributed by atoms with Crippen molar-refractivity contribution >= 4 is 5.71 Å². The first-order chi connectivity index (χ1) is 8.63. The number of para-hydroxylation sites is 1. The molecule has 1 heterocycles. The molecule has 0 radical (unpaired) electrons. The van der Waals surface area contributed by atoms with Gasteiger partial charge in [0.05, 0.1) is 5.54 Å². The number of aromatic hydroxyl groups is 1. The number of rotatable bonds is 1. The number of fused-ring (bicyclic) bond motifs is 1. The van der Waals surface area contributed by atoms with E-state index in [1.807, 2.05) is 19.1 Å². The minimum atomic E-state index is -0.468. The van der Waals surface area contributed by atoms with Gasteiger partial charge in [-0.25, -0.2) is 0 Å². The number of hydrogen-bond donors (Lipinski definition) is 2. The van der Waals surface area contributed by atoms with Gasteiger partial charge in [0, 0.05) is 11.3 Å². The first-order valence-corrected chi connectivity index (χ1v) is 6.46. The standard InChI is InChI=1S/C14H18N2O2/c1-14-9-5-4-8-12(14)15-13(16(14)18)10-6-2-3-7-11(10)17/h2-3,6-7,13,17-18H,4-5,8-9H2,1H3/t13-,14-/m1/s1. The Hall–Kier alpha value is -1.39. The van der Waals surface area contributed by atoms with Crippen molar-refractivity contribution in [3.05, 3.63) is 29.8 Å². The normalized spacial score (nSPS) is 32.1. The highest BCUT2D eigenvalue weighted by atomic mass is 16.5. The molecule has 0 amide bonds. The molecule has 1 aliphatic carbocycles. The highest BCUT2D eigenvalue weighted by Crippen LogP contribution is 2.44. The Labute approximate surface area is 107 Å². The second kappa shape index (κ2) is 4.07. The van der Waals surface area contributed by atoms with Gasteiger partial charge in [-0.1, -0.05) is 24.6 Å². The molecule has 0 saturated heterocycles. The van der Waals surface area contributed by atoms with Gasteiger partial charge >= 0.3 is 0 Å². The third-order valence-electron chi connectivity index (χ3n) is 4.18. The van der Waals surface area contributed by atoms with Gasteiger partial charge in [0.2, 0.25) is 0 Å². The Morgan fingerprint density at radius 2 is 2.11 bits per heavy atom. The molecular formula is C14H18N2O2. The van der Waals surface area contributed by atoms with Gasteiger partial charge in [0.15, 0.2) is 6.17 Å². The van der Waals surface area contributed by atoms with E-state index in [2.05, 4.69) is 4.99 Å². The van der Waals surface area contributed by atoms with E-state index in [0.717, 1.165) is 31.4 Å². The van der Waals surface area contributed by atoms with E-state index in [9.17, 15) is 10.3 Å². The quantitative estimate of drug-likeness (QED) is 0.801. The molecule has 2 aliphatic rings. The van der Waals surface area contributed by atoms with Crippen LogP contribution in [0.5, 0.6) is 5.75 Å². The summed E-state index contributed by atoms with van der Waals surface area (Å²) in [5, 5.41) is 21.6. The molecule has 2 N–H and O–H groups in total. The van der Waals surface area contributed by atoms with Gasteiger partial charge in [-0.15, -0.1) is 0 Å². The lowest BCUT2D eigenvalue weighted by atomic mass is 9.82. The van der Waals surface area contributed by atoms with Crippen LogP contribution in [0.3, 0.4) is 0 Å². The van der Waals surface area contributed by atoms with E-state index in [1.165, 1.54) is 5.06 Å². The Kier molecular flexibility index (Phi) is 2.64. The van der Waals surface area contributed by atoms with Crippen LogP contribution in [-0.4, -0.2) is 26.6 Å². The maximum atomic E-state index is 10.4. The third kappa shape index (κ3) is 1.56. The Balaban J connectivity index is 2.01. The fourth-order valence-electron chi connectivity index (χ4n) is 3.00. The molecular weight excluding hydrogens is 228 g/mol. The highest BCUT2D eigenvalue weighted by molar-refractivity contribution is 5.95. The van der Waals surface area contributed by atoms with Crippen LogP contribution in [0.4, 0.5) is 0 Å². The average Bonchev–Trinajstić information content (AvgIpc) is 2.63. The smallest absolute Gasteiger partial charge is 0.154 e. The van der Waals surface area contributed by atoms with Crippen LogP contribution < -0.4 is 0 Å². The van der Waals surface area contributed by atoms with Crippen LogP contribution in [0.25, 0.3) is 0 Å². The molecule has 3 rings (SSSR count). The number of phenols is 1. The summed E-state index contributed by atoms with van der Waals surface area (Å²) in [7, 11) is 0. The van der Waals surface area contributed by atoms with Crippen molar-refractivity contribution in [2.45, 2.75) is 44.3 Å². The molecule has 0 spiro atoms. The van der Waals surface area contributed by atoms with E-state index in [4.69, 9.17) is 0 Å². The van der Waals surface area contributed by atoms with E-state index < -0.39 is 6.17 Å². The number of hydroxylamine groups is 2. The van der Waals surface area contributed by atoms with Crippen molar-refractivity contribution in [1.29, 1.82) is 0 Å². The molecule has 0 bridgehead atoms. The zero-order valence-electron chi connectivity index (χ0n) is 10.5. The van der Waals surface area contributed by atoms with Crippen molar-refractivity contribution in [3.8, 4) is 5.75 Å². The molecule has 4 heteroatoms. The molecule has 18 heavy (non-hydrogen) atoms. The summed E-state index contributed by atoms with van der Waals surface area (Å²) >= 11 is 0. The molecule has 1 fully saturated rings. The van der Waals surface area contributed by atoms with Gasteiger partial charge in [-0.2, -0.15) is 5.06 Å². The lowest BCUT2D eigenvalue weighted by molar-refractivity contribution is -0.168. The zero-order valence-corrected chi connectivity index (χ0v) is 10.5. The minimum absolute atomic E-state index is 0.188. The van der Waals surface area contributed by atoms with E-state index in [-0.39, 0.29) is 11.3 Å². The lowest BCUT2D eigenvalue weighted by Gasteiger charge is -2.36. The van der Waals surface area contributed by atoms with Gasteiger partial charge < -0.3 is 10.3 Å². The molecule has 0 unspecified atom stereocenters. The summed E-state index contributed by atoms with van der Waals surface area (Å²) in [6, 6.07) is 7.08. The Bertz CT molecular complexity index is 500. The van der Waals surface area contributed by atoms with E-state index in [1.54, 1.807) is 12.1 Å². The van der Waals surface area contributed by atoms with Crippen molar-refractivity contribution in [3.63, 3.8) is 0 Å². The first kappa shape index (κ1) is 11.7. The minimum Gasteiger partial charge on any atom is -0.508 e. The summed E-state index contributed by atoms with van der Waals surface area (Å²) in [4.78, 5) is 4.63. The number of benzene rings is 1. The molecule has 1 aromatic carbocycles. The van der Waals surface area contributed by atoms with Crippen LogP contribution >= 0.6 is 0 Å². The number of hydrogen-bond acceptors (Lipinski definition) is 4. The van der Waals surface area contributed by atoms with Crippen LogP contribution in [-0.2, 0) is 0 Å². The van der Waals surface area contributed by atoms with Crippen LogP contribution in [0.1, 0.15) is 44.3 Å². The third-order valence-corrected chi connectivity index (χ3v) is 4.18. The summed E-state index contributed by atoms with van der Waals surface area (Å²) in [5.41, 5.74) is 1.37. The fraction of sp³-hybridized carbons (Fsp3) is 0.500. The molecule has 1 aromatic rings. The summed E-state index contributed by atoms with van der Waals surface area (Å²) in [6.07, 6.45) is 3.64. The predicted octanol–water partition coefficient (Wildman–Crippen LogP) is 2.87. The summed E-state index contributed by atoms with van der Waals surface area (Å²) in [5.74, 6) is 0.188. The van der Waals surface area contributed by atoms with Gasteiger partial charge in [0.25, 0.3) is 0 Å². The molecule has 0 aromatic heterocycles. The SMILES string of the molecule is C[C@@]12CCCCC1=N[C@@H](c1ccccc1O)N2O. The maximum Gasteiger partial charge on any atom is 0.154 e. The van der Waals surface area contributed by atoms with Crippen molar-refractivity contribution in [2.24, 2.45) is 4.99 Å². The fourth-order valence-corrected chi connectivity index (χ4v) is 3.00. The van der Waals surface area contributed by atoms with Gasteiger partial charge in [-0.3, -0.25) is 4.99 Å². The lowest BCUT2D eigenvalue weighted by Crippen LogP contribution is -2.48. The van der Waals surface area contributed by atoms with E-state index >= 15 is 0 Å². The number of aliphatic imine (C=N–C) groups is 1. The topological polar surface area (TPSA) is 56.1 Å². The molecule has 1 aliphatic heterocycles. The monoisotopic (exact) mass is 246 g/mol. The van der Waals surface area contributed by atoms with Crippen molar-refractivity contribution in [2.75, 3.05) is 0 Å². The molecule has 96 valence electrons. The van der Waals surface area contributed by atoms with Crippen molar-refractivity contribution < 1.29 is 10.3 Å². The van der Waals surface area contributed by atoms with Crippen molar-refractivity contribution in [1.82, 2.24) is 5.06 Å². The molecule has 1 saturated carbocycles. The predicted molar refractivity (Wildman–Crippen MR) is 68.8 cm³/mol. The van der Waals surface area contributed by atoms with Crippen LogP contribution in [0.2, 0.25) is 0 Å². The molecule has 2 atom stereocenters. The highest BCUT2D eigenvalue weighted by Gasteiger charge is 2.47.